The molecule has 1 heterocycles. The molecule has 288 valence electrons. The van der Waals surface area contributed by atoms with Gasteiger partial charge in [0, 0.05) is 39.4 Å². The summed E-state index contributed by atoms with van der Waals surface area (Å²) in [7, 11) is 0. The van der Waals surface area contributed by atoms with Crippen molar-refractivity contribution < 1.29 is 28.5 Å². The van der Waals surface area contributed by atoms with Gasteiger partial charge in [0.15, 0.2) is 0 Å². The van der Waals surface area contributed by atoms with Gasteiger partial charge in [-0.05, 0) is 86.7 Å². The van der Waals surface area contributed by atoms with Gasteiger partial charge < -0.3 is 36.1 Å². The van der Waals surface area contributed by atoms with Gasteiger partial charge in [-0.15, -0.1) is 0 Å². The predicted octanol–water partition coefficient (Wildman–Crippen LogP) is 5.70. The van der Waals surface area contributed by atoms with E-state index in [1.807, 2.05) is 0 Å². The Morgan fingerprint density at radius 1 is 0.714 bits per heavy atom. The maximum Gasteiger partial charge on any atom is 0.233 e. The average Bonchev–Trinajstić information content (AvgIpc) is 3.25. The molecule has 6 N–H and O–H groups in total. The van der Waals surface area contributed by atoms with E-state index < -0.39 is 5.41 Å². The summed E-state index contributed by atoms with van der Waals surface area (Å²) in [5, 5.41) is 0. The van der Waals surface area contributed by atoms with Gasteiger partial charge in [-0.3, -0.25) is 14.5 Å². The summed E-state index contributed by atoms with van der Waals surface area (Å²) in [6, 6.07) is 0. The van der Waals surface area contributed by atoms with Crippen LogP contribution in [0.3, 0.4) is 0 Å². The summed E-state index contributed by atoms with van der Waals surface area (Å²) in [6.45, 7) is 28.6. The molecule has 10 heteroatoms. The predicted molar refractivity (Wildman–Crippen MR) is 200 cm³/mol. The molecule has 0 radical (unpaired) electrons. The summed E-state index contributed by atoms with van der Waals surface area (Å²) < 4.78 is 24.1. The number of ether oxygens (including phenoxy) is 4. The number of hydrogen-bond donors (Lipinski definition) is 3. The minimum absolute atomic E-state index is 0.0357. The van der Waals surface area contributed by atoms with E-state index >= 15 is 0 Å². The maximum absolute atomic E-state index is 13.4. The molecule has 0 bridgehead atoms. The number of amides is 2. The zero-order valence-electron chi connectivity index (χ0n) is 33.2. The number of carbonyl (C=O) groups is 2. The number of nitrogens with two attached hydrogens (primary N) is 3. The van der Waals surface area contributed by atoms with E-state index in [9.17, 15) is 9.59 Å². The summed E-state index contributed by atoms with van der Waals surface area (Å²) in [5.74, 6) is -0.490. The molecular formula is C39H76N4O6. The van der Waals surface area contributed by atoms with Gasteiger partial charge in [0.1, 0.15) is 0 Å². The van der Waals surface area contributed by atoms with Crippen molar-refractivity contribution in [2.75, 3.05) is 79.0 Å². The highest BCUT2D eigenvalue weighted by atomic mass is 16.5. The molecule has 1 atom stereocenters. The van der Waals surface area contributed by atoms with Crippen LogP contribution in [0.2, 0.25) is 0 Å². The van der Waals surface area contributed by atoms with E-state index in [1.165, 1.54) is 4.90 Å². The monoisotopic (exact) mass is 697 g/mol. The Labute approximate surface area is 299 Å². The highest BCUT2D eigenvalue weighted by Gasteiger charge is 2.44. The lowest BCUT2D eigenvalue weighted by Crippen LogP contribution is -2.42. The Kier molecular flexibility index (Phi) is 19.7. The normalized spacial score (nSPS) is 17.1. The molecule has 0 spiro atoms. The standard InChI is InChI=1S/C39H76N4O6/c1-31(25-36(5,6)38(9,10)26-37(7,8)35(2,3)4)23-32-24-33(44)43(34(32)45)18-14-22-49-30-39(27-46-19-11-15-40,28-47-20-12-16-41)29-48-21-13-17-42/h25,32H,11-24,26-30,40-42H2,1-10H3/b31-25+. The van der Waals surface area contributed by atoms with Crippen LogP contribution in [0.15, 0.2) is 11.6 Å². The third-order valence-corrected chi connectivity index (χ3v) is 11.0. The quantitative estimate of drug-likeness (QED) is 0.0558. The van der Waals surface area contributed by atoms with Crippen molar-refractivity contribution in [3.05, 3.63) is 11.6 Å². The minimum Gasteiger partial charge on any atom is -0.381 e. The fourth-order valence-corrected chi connectivity index (χ4v) is 6.29. The highest BCUT2D eigenvalue weighted by Crippen LogP contribution is 2.53. The van der Waals surface area contributed by atoms with Crippen molar-refractivity contribution >= 4 is 11.8 Å². The van der Waals surface area contributed by atoms with Crippen LogP contribution in [0.25, 0.3) is 0 Å². The highest BCUT2D eigenvalue weighted by molar-refractivity contribution is 6.03. The van der Waals surface area contributed by atoms with Crippen molar-refractivity contribution in [2.45, 2.75) is 114 Å². The van der Waals surface area contributed by atoms with Gasteiger partial charge in [0.25, 0.3) is 0 Å². The van der Waals surface area contributed by atoms with Crippen LogP contribution in [-0.2, 0) is 28.5 Å². The number of allylic oxidation sites excluding steroid dienone is 2. The van der Waals surface area contributed by atoms with Gasteiger partial charge in [0.2, 0.25) is 11.8 Å². The minimum atomic E-state index is -0.517. The number of nitrogens with zero attached hydrogens (tertiary/aromatic N) is 1. The molecule has 0 aromatic carbocycles. The molecule has 1 aliphatic heterocycles. The van der Waals surface area contributed by atoms with Gasteiger partial charge >= 0.3 is 0 Å². The van der Waals surface area contributed by atoms with Gasteiger partial charge in [-0.1, -0.05) is 74.0 Å². The SMILES string of the molecule is C/C(=C\C(C)(C)C(C)(C)CC(C)(C)C(C)(C)C)CC1CC(=O)N(CCCOCC(COCCCN)(COCCCN)COCCCN)C1=O. The van der Waals surface area contributed by atoms with Crippen LogP contribution < -0.4 is 17.2 Å². The largest absolute Gasteiger partial charge is 0.381 e. The van der Waals surface area contributed by atoms with E-state index in [2.05, 4.69) is 75.3 Å². The molecule has 0 aliphatic carbocycles. The molecule has 1 rings (SSSR count). The molecule has 1 saturated heterocycles. The molecule has 2 amide bonds. The Hall–Kier alpha value is -1.40. The Morgan fingerprint density at radius 3 is 1.55 bits per heavy atom. The molecule has 1 aliphatic rings. The van der Waals surface area contributed by atoms with Gasteiger partial charge in [-0.25, -0.2) is 0 Å². The van der Waals surface area contributed by atoms with Crippen LogP contribution in [0.4, 0.5) is 0 Å². The van der Waals surface area contributed by atoms with Crippen molar-refractivity contribution in [1.29, 1.82) is 0 Å². The van der Waals surface area contributed by atoms with Crippen LogP contribution in [0.5, 0.6) is 0 Å². The van der Waals surface area contributed by atoms with Gasteiger partial charge in [-0.2, -0.15) is 0 Å². The first-order chi connectivity index (χ1) is 22.8. The second-order valence-electron chi connectivity index (χ2n) is 17.4. The second kappa shape index (κ2) is 21.2. The fraction of sp³-hybridized carbons (Fsp3) is 0.897. The lowest BCUT2D eigenvalue weighted by atomic mass is 9.55. The Morgan fingerprint density at radius 2 is 1.14 bits per heavy atom. The summed E-state index contributed by atoms with van der Waals surface area (Å²) >= 11 is 0. The van der Waals surface area contributed by atoms with Crippen molar-refractivity contribution in [3.63, 3.8) is 0 Å². The molecule has 49 heavy (non-hydrogen) atoms. The van der Waals surface area contributed by atoms with E-state index in [-0.39, 0.29) is 45.8 Å². The molecule has 0 saturated carbocycles. The third-order valence-electron chi connectivity index (χ3n) is 11.0. The van der Waals surface area contributed by atoms with E-state index in [0.717, 1.165) is 31.3 Å². The van der Waals surface area contributed by atoms with E-state index in [0.29, 0.717) is 91.9 Å². The number of likely N-dealkylation sites (tertiary alicyclic amines) is 1. The van der Waals surface area contributed by atoms with E-state index in [4.69, 9.17) is 36.1 Å². The van der Waals surface area contributed by atoms with Crippen molar-refractivity contribution in [1.82, 2.24) is 4.90 Å². The molecule has 10 nitrogen and oxygen atoms in total. The number of imide groups is 1. The number of carbonyl (C=O) groups excluding carboxylic acids is 2. The lowest BCUT2D eigenvalue weighted by molar-refractivity contribution is -0.139. The molecular weight excluding hydrogens is 620 g/mol. The number of hydrogen-bond acceptors (Lipinski definition) is 9. The summed E-state index contributed by atoms with van der Waals surface area (Å²) in [4.78, 5) is 27.8. The van der Waals surface area contributed by atoms with Crippen LogP contribution in [-0.4, -0.2) is 95.7 Å². The summed E-state index contributed by atoms with van der Waals surface area (Å²) in [5.41, 5.74) is 17.9. The lowest BCUT2D eigenvalue weighted by Gasteiger charge is -2.49. The Bertz CT molecular complexity index is 973. The first-order valence-electron chi connectivity index (χ1n) is 18.7. The maximum atomic E-state index is 13.4. The molecule has 1 fully saturated rings. The van der Waals surface area contributed by atoms with Gasteiger partial charge in [0.05, 0.1) is 37.8 Å². The second-order valence-corrected chi connectivity index (χ2v) is 17.4. The zero-order chi connectivity index (χ0) is 37.4. The fourth-order valence-electron chi connectivity index (χ4n) is 6.29. The van der Waals surface area contributed by atoms with Crippen LogP contribution >= 0.6 is 0 Å². The van der Waals surface area contributed by atoms with Crippen molar-refractivity contribution in [2.24, 2.45) is 50.2 Å². The first kappa shape index (κ1) is 45.6. The smallest absolute Gasteiger partial charge is 0.233 e. The molecule has 0 aromatic heterocycles. The first-order valence-corrected chi connectivity index (χ1v) is 18.7. The van der Waals surface area contributed by atoms with E-state index in [1.54, 1.807) is 0 Å². The Balaban J connectivity index is 2.82. The molecule has 0 aromatic rings. The van der Waals surface area contributed by atoms with Crippen LogP contribution in [0.1, 0.15) is 114 Å². The zero-order valence-corrected chi connectivity index (χ0v) is 33.2. The topological polar surface area (TPSA) is 152 Å². The molecule has 1 unspecified atom stereocenters. The average molecular weight is 697 g/mol. The van der Waals surface area contributed by atoms with Crippen molar-refractivity contribution in [3.8, 4) is 0 Å². The summed E-state index contributed by atoms with van der Waals surface area (Å²) in [6.07, 6.45) is 7.11. The third kappa shape index (κ3) is 15.4. The number of rotatable bonds is 27. The van der Waals surface area contributed by atoms with Crippen LogP contribution in [0, 0.1) is 33.0 Å².